The van der Waals surface area contributed by atoms with Crippen LogP contribution in [0.4, 0.5) is 0 Å². The molecule has 2 aromatic rings. The second-order valence-electron chi connectivity index (χ2n) is 4.89. The van der Waals surface area contributed by atoms with Gasteiger partial charge in [-0.15, -0.1) is 0 Å². The normalized spacial score (nSPS) is 16.7. The maximum absolute atomic E-state index is 5.46. The van der Waals surface area contributed by atoms with Gasteiger partial charge in [0.15, 0.2) is 0 Å². The van der Waals surface area contributed by atoms with E-state index in [0.29, 0.717) is 38.1 Å². The third-order valence-corrected chi connectivity index (χ3v) is 3.37. The van der Waals surface area contributed by atoms with Gasteiger partial charge in [-0.05, 0) is 24.3 Å². The molecule has 0 fully saturated rings. The van der Waals surface area contributed by atoms with E-state index in [1.807, 2.05) is 36.4 Å². The van der Waals surface area contributed by atoms with Gasteiger partial charge >= 0.3 is 0 Å². The summed E-state index contributed by atoms with van der Waals surface area (Å²) in [4.78, 5) is 17.8. The van der Waals surface area contributed by atoms with E-state index in [4.69, 9.17) is 9.47 Å². The van der Waals surface area contributed by atoms with E-state index in [-0.39, 0.29) is 0 Å². The van der Waals surface area contributed by atoms with Crippen LogP contribution in [-0.4, -0.2) is 48.1 Å². The lowest BCUT2D eigenvalue weighted by Gasteiger charge is -2.06. The molecule has 2 aliphatic rings. The first-order valence-corrected chi connectivity index (χ1v) is 7.20. The van der Waals surface area contributed by atoms with Crippen molar-refractivity contribution in [2.75, 3.05) is 26.3 Å². The zero-order chi connectivity index (χ0) is 14.8. The number of rotatable bonds is 3. The molecule has 0 unspecified atom stereocenters. The van der Waals surface area contributed by atoms with Crippen molar-refractivity contribution in [3.05, 3.63) is 47.8 Å². The molecule has 22 heavy (non-hydrogen) atoms. The third-order valence-electron chi connectivity index (χ3n) is 3.37. The zero-order valence-electron chi connectivity index (χ0n) is 11.9. The minimum absolute atomic E-state index is 0.599. The fourth-order valence-electron chi connectivity index (χ4n) is 2.37. The molecule has 4 heterocycles. The van der Waals surface area contributed by atoms with Crippen LogP contribution >= 0.6 is 0 Å². The van der Waals surface area contributed by atoms with Crippen molar-refractivity contribution in [2.24, 2.45) is 9.98 Å². The SMILES string of the molecule is c1cc(C2=NCCO2)nc(-c2cccc(C3=NCCO3)n2)c1. The van der Waals surface area contributed by atoms with Crippen molar-refractivity contribution in [3.63, 3.8) is 0 Å². The molecule has 0 saturated heterocycles. The van der Waals surface area contributed by atoms with Crippen molar-refractivity contribution in [2.45, 2.75) is 0 Å². The van der Waals surface area contributed by atoms with Crippen LogP contribution < -0.4 is 0 Å². The van der Waals surface area contributed by atoms with Crippen LogP contribution in [0.25, 0.3) is 11.4 Å². The summed E-state index contributed by atoms with van der Waals surface area (Å²) < 4.78 is 10.9. The molecule has 2 aromatic heterocycles. The van der Waals surface area contributed by atoms with Crippen LogP contribution in [0.3, 0.4) is 0 Å². The fraction of sp³-hybridized carbons (Fsp3) is 0.250. The summed E-state index contributed by atoms with van der Waals surface area (Å²) in [6.07, 6.45) is 0. The number of pyridine rings is 2. The topological polar surface area (TPSA) is 69.0 Å². The quantitative estimate of drug-likeness (QED) is 0.864. The van der Waals surface area contributed by atoms with E-state index in [1.54, 1.807) is 0 Å². The van der Waals surface area contributed by atoms with E-state index < -0.39 is 0 Å². The zero-order valence-corrected chi connectivity index (χ0v) is 11.9. The van der Waals surface area contributed by atoms with Crippen molar-refractivity contribution >= 4 is 11.8 Å². The van der Waals surface area contributed by atoms with Crippen molar-refractivity contribution < 1.29 is 9.47 Å². The Hall–Kier alpha value is -2.76. The Morgan fingerprint density at radius 3 is 1.50 bits per heavy atom. The van der Waals surface area contributed by atoms with Crippen LogP contribution in [-0.2, 0) is 9.47 Å². The van der Waals surface area contributed by atoms with E-state index in [0.717, 1.165) is 22.8 Å². The lowest BCUT2D eigenvalue weighted by molar-refractivity contribution is 0.347. The highest BCUT2D eigenvalue weighted by molar-refractivity contribution is 5.94. The van der Waals surface area contributed by atoms with Crippen LogP contribution in [0.1, 0.15) is 11.4 Å². The van der Waals surface area contributed by atoms with Gasteiger partial charge in [0.1, 0.15) is 24.6 Å². The smallest absolute Gasteiger partial charge is 0.235 e. The molecule has 0 atom stereocenters. The van der Waals surface area contributed by atoms with Crippen LogP contribution in [0.2, 0.25) is 0 Å². The molecule has 6 heteroatoms. The van der Waals surface area contributed by atoms with Crippen molar-refractivity contribution in [1.29, 1.82) is 0 Å². The lowest BCUT2D eigenvalue weighted by Crippen LogP contribution is -2.06. The molecule has 0 amide bonds. The van der Waals surface area contributed by atoms with Crippen LogP contribution in [0.15, 0.2) is 46.4 Å². The predicted molar refractivity (Wildman–Crippen MR) is 82.2 cm³/mol. The summed E-state index contributed by atoms with van der Waals surface area (Å²) in [7, 11) is 0. The largest absolute Gasteiger partial charge is 0.474 e. The molecule has 0 bridgehead atoms. The van der Waals surface area contributed by atoms with Gasteiger partial charge in [0, 0.05) is 0 Å². The average Bonchev–Trinajstić information content (AvgIpc) is 3.29. The number of aromatic nitrogens is 2. The molecule has 0 N–H and O–H groups in total. The highest BCUT2D eigenvalue weighted by Crippen LogP contribution is 2.17. The molecular formula is C16H14N4O2. The van der Waals surface area contributed by atoms with E-state index in [1.165, 1.54) is 0 Å². The van der Waals surface area contributed by atoms with E-state index in [9.17, 15) is 0 Å². The van der Waals surface area contributed by atoms with Crippen molar-refractivity contribution in [1.82, 2.24) is 9.97 Å². The summed E-state index contributed by atoms with van der Waals surface area (Å²) >= 11 is 0. The van der Waals surface area contributed by atoms with Gasteiger partial charge < -0.3 is 9.47 Å². The molecule has 0 saturated carbocycles. The molecular weight excluding hydrogens is 280 g/mol. The van der Waals surface area contributed by atoms with Crippen molar-refractivity contribution in [3.8, 4) is 11.4 Å². The van der Waals surface area contributed by atoms with Gasteiger partial charge in [0.05, 0.1) is 24.5 Å². The first-order valence-electron chi connectivity index (χ1n) is 7.20. The first-order chi connectivity index (χ1) is 10.9. The Balaban J connectivity index is 1.69. The summed E-state index contributed by atoms with van der Waals surface area (Å²) in [5, 5.41) is 0. The first kappa shape index (κ1) is 12.9. The molecule has 0 aromatic carbocycles. The van der Waals surface area contributed by atoms with Gasteiger partial charge in [-0.2, -0.15) is 0 Å². The number of aliphatic imine (C=N–C) groups is 2. The molecule has 0 aliphatic carbocycles. The minimum Gasteiger partial charge on any atom is -0.474 e. The highest BCUT2D eigenvalue weighted by atomic mass is 16.5. The molecule has 0 radical (unpaired) electrons. The average molecular weight is 294 g/mol. The third kappa shape index (κ3) is 2.43. The molecule has 4 rings (SSSR count). The number of hydrogen-bond acceptors (Lipinski definition) is 6. The summed E-state index contributed by atoms with van der Waals surface area (Å²) in [5.74, 6) is 1.20. The van der Waals surface area contributed by atoms with E-state index >= 15 is 0 Å². The van der Waals surface area contributed by atoms with Gasteiger partial charge in [-0.3, -0.25) is 0 Å². The Morgan fingerprint density at radius 1 is 0.636 bits per heavy atom. The molecule has 0 spiro atoms. The Kier molecular flexibility index (Phi) is 3.27. The summed E-state index contributed by atoms with van der Waals surface area (Å²) in [5.41, 5.74) is 3.01. The second-order valence-corrected chi connectivity index (χ2v) is 4.89. The predicted octanol–water partition coefficient (Wildman–Crippen LogP) is 1.70. The Morgan fingerprint density at radius 2 is 1.09 bits per heavy atom. The maximum Gasteiger partial charge on any atom is 0.235 e. The number of ether oxygens (including phenoxy) is 2. The molecule has 2 aliphatic heterocycles. The van der Waals surface area contributed by atoms with Crippen LogP contribution in [0.5, 0.6) is 0 Å². The van der Waals surface area contributed by atoms with E-state index in [2.05, 4.69) is 20.0 Å². The van der Waals surface area contributed by atoms with Gasteiger partial charge in [-0.1, -0.05) is 12.1 Å². The Labute approximate surface area is 127 Å². The Bertz CT molecular complexity index is 705. The lowest BCUT2D eigenvalue weighted by atomic mass is 10.2. The number of hydrogen-bond donors (Lipinski definition) is 0. The van der Waals surface area contributed by atoms with Crippen LogP contribution in [0, 0.1) is 0 Å². The molecule has 110 valence electrons. The van der Waals surface area contributed by atoms with Gasteiger partial charge in [-0.25, -0.2) is 20.0 Å². The fourth-order valence-corrected chi connectivity index (χ4v) is 2.37. The maximum atomic E-state index is 5.46. The highest BCUT2D eigenvalue weighted by Gasteiger charge is 2.15. The second kappa shape index (κ2) is 5.55. The summed E-state index contributed by atoms with van der Waals surface area (Å²) in [6, 6.07) is 11.5. The monoisotopic (exact) mass is 294 g/mol. The molecule has 6 nitrogen and oxygen atoms in total. The van der Waals surface area contributed by atoms with Gasteiger partial charge in [0.2, 0.25) is 11.8 Å². The minimum atomic E-state index is 0.599. The number of nitrogens with zero attached hydrogens (tertiary/aromatic N) is 4. The van der Waals surface area contributed by atoms with Gasteiger partial charge in [0.25, 0.3) is 0 Å². The summed E-state index contributed by atoms with van der Waals surface area (Å²) in [6.45, 7) is 2.61. The standard InChI is InChI=1S/C16H14N4O2/c1-3-11(19-13(5-1)15-17-7-9-21-15)12-4-2-6-14(20-12)16-18-8-10-22-16/h1-6H,7-10H2.